The molecule has 0 aliphatic carbocycles. The summed E-state index contributed by atoms with van der Waals surface area (Å²) in [4.78, 5) is 17.2. The second kappa shape index (κ2) is 10.8. The summed E-state index contributed by atoms with van der Waals surface area (Å²) in [6.07, 6.45) is 2.25. The quantitative estimate of drug-likeness (QED) is 0.701. The molecule has 4 nitrogen and oxygen atoms in total. The predicted molar refractivity (Wildman–Crippen MR) is 120 cm³/mol. The lowest BCUT2D eigenvalue weighted by Crippen LogP contribution is -2.49. The van der Waals surface area contributed by atoms with Gasteiger partial charge >= 0.3 is 0 Å². The standard InChI is InChI=1S/C24H32ClN3O/c1-3-4-20-5-9-22(10-6-20)19(2)26-24(29)18-28-15-13-27(14-16-28)17-21-7-11-23(25)12-8-21/h5-12,19H,3-4,13-18H2,1-2H3,(H,26,29). The van der Waals surface area contributed by atoms with Gasteiger partial charge in [0.25, 0.3) is 0 Å². The summed E-state index contributed by atoms with van der Waals surface area (Å²) in [7, 11) is 0. The molecule has 0 spiro atoms. The van der Waals surface area contributed by atoms with E-state index in [1.807, 2.05) is 12.1 Å². The minimum Gasteiger partial charge on any atom is -0.348 e. The largest absolute Gasteiger partial charge is 0.348 e. The van der Waals surface area contributed by atoms with Crippen LogP contribution in [0.1, 0.15) is 43.0 Å². The highest BCUT2D eigenvalue weighted by Gasteiger charge is 2.20. The van der Waals surface area contributed by atoms with Gasteiger partial charge in [0.1, 0.15) is 0 Å². The number of carbonyl (C=O) groups excluding carboxylic acids is 1. The number of halogens is 1. The highest BCUT2D eigenvalue weighted by molar-refractivity contribution is 6.30. The van der Waals surface area contributed by atoms with E-state index in [1.165, 1.54) is 11.1 Å². The van der Waals surface area contributed by atoms with Crippen molar-refractivity contribution < 1.29 is 4.79 Å². The number of benzene rings is 2. The van der Waals surface area contributed by atoms with Crippen molar-refractivity contribution in [1.82, 2.24) is 15.1 Å². The molecule has 1 atom stereocenters. The first-order valence-electron chi connectivity index (χ1n) is 10.6. The van der Waals surface area contributed by atoms with Gasteiger partial charge in [0, 0.05) is 37.7 Å². The molecule has 0 bridgehead atoms. The number of aryl methyl sites for hydroxylation is 1. The number of amides is 1. The SMILES string of the molecule is CCCc1ccc(C(C)NC(=O)CN2CCN(Cc3ccc(Cl)cc3)CC2)cc1. The Labute approximate surface area is 179 Å². The Morgan fingerprint density at radius 1 is 0.966 bits per heavy atom. The lowest BCUT2D eigenvalue weighted by Gasteiger charge is -2.34. The molecule has 1 unspecified atom stereocenters. The van der Waals surface area contributed by atoms with E-state index in [4.69, 9.17) is 11.6 Å². The molecular formula is C24H32ClN3O. The van der Waals surface area contributed by atoms with E-state index >= 15 is 0 Å². The van der Waals surface area contributed by atoms with E-state index in [0.717, 1.165) is 56.2 Å². The first kappa shape index (κ1) is 21.8. The predicted octanol–water partition coefficient (Wildman–Crippen LogP) is 4.29. The van der Waals surface area contributed by atoms with Crippen LogP contribution in [-0.4, -0.2) is 48.4 Å². The van der Waals surface area contributed by atoms with Gasteiger partial charge in [0.05, 0.1) is 12.6 Å². The number of hydrogen-bond donors (Lipinski definition) is 1. The number of carbonyl (C=O) groups is 1. The fourth-order valence-corrected chi connectivity index (χ4v) is 3.91. The molecule has 1 heterocycles. The molecule has 156 valence electrons. The zero-order valence-electron chi connectivity index (χ0n) is 17.5. The highest BCUT2D eigenvalue weighted by Crippen LogP contribution is 2.15. The summed E-state index contributed by atoms with van der Waals surface area (Å²) in [6, 6.07) is 16.7. The van der Waals surface area contributed by atoms with Crippen molar-refractivity contribution in [1.29, 1.82) is 0 Å². The minimum absolute atomic E-state index is 0.0318. The van der Waals surface area contributed by atoms with Crippen LogP contribution in [0.5, 0.6) is 0 Å². The molecule has 3 rings (SSSR count). The molecule has 1 aliphatic heterocycles. The van der Waals surface area contributed by atoms with Gasteiger partial charge < -0.3 is 5.32 Å². The van der Waals surface area contributed by atoms with Gasteiger partial charge in [0.15, 0.2) is 0 Å². The van der Waals surface area contributed by atoms with Crippen molar-refractivity contribution in [3.63, 3.8) is 0 Å². The monoisotopic (exact) mass is 413 g/mol. The van der Waals surface area contributed by atoms with E-state index < -0.39 is 0 Å². The van der Waals surface area contributed by atoms with Crippen molar-refractivity contribution in [2.45, 2.75) is 39.3 Å². The fourth-order valence-electron chi connectivity index (χ4n) is 3.79. The Bertz CT molecular complexity index is 768. The third kappa shape index (κ3) is 6.84. The van der Waals surface area contributed by atoms with E-state index in [1.54, 1.807) is 0 Å². The van der Waals surface area contributed by atoms with Crippen LogP contribution in [-0.2, 0) is 17.8 Å². The second-order valence-corrected chi connectivity index (χ2v) is 8.40. The van der Waals surface area contributed by atoms with Crippen LogP contribution in [0.3, 0.4) is 0 Å². The molecule has 1 amide bonds. The van der Waals surface area contributed by atoms with E-state index in [0.29, 0.717) is 6.54 Å². The molecule has 0 radical (unpaired) electrons. The number of nitrogens with zero attached hydrogens (tertiary/aromatic N) is 2. The first-order chi connectivity index (χ1) is 14.0. The van der Waals surface area contributed by atoms with Crippen LogP contribution in [0.4, 0.5) is 0 Å². The Morgan fingerprint density at radius 3 is 2.17 bits per heavy atom. The lowest BCUT2D eigenvalue weighted by molar-refractivity contribution is -0.123. The summed E-state index contributed by atoms with van der Waals surface area (Å²) >= 11 is 5.96. The summed E-state index contributed by atoms with van der Waals surface area (Å²) in [6.45, 7) is 9.43. The van der Waals surface area contributed by atoms with E-state index in [-0.39, 0.29) is 11.9 Å². The maximum absolute atomic E-state index is 12.5. The van der Waals surface area contributed by atoms with Crippen molar-refractivity contribution in [3.05, 3.63) is 70.2 Å². The summed E-state index contributed by atoms with van der Waals surface area (Å²) in [5.74, 6) is 0.0984. The third-order valence-corrected chi connectivity index (χ3v) is 5.80. The Kier molecular flexibility index (Phi) is 8.10. The lowest BCUT2D eigenvalue weighted by atomic mass is 10.0. The summed E-state index contributed by atoms with van der Waals surface area (Å²) in [5.41, 5.74) is 3.79. The van der Waals surface area contributed by atoms with Crippen LogP contribution in [0, 0.1) is 0 Å². The van der Waals surface area contributed by atoms with E-state index in [2.05, 4.69) is 65.4 Å². The van der Waals surface area contributed by atoms with Crippen LogP contribution < -0.4 is 5.32 Å². The smallest absolute Gasteiger partial charge is 0.234 e. The molecule has 2 aromatic carbocycles. The first-order valence-corrected chi connectivity index (χ1v) is 11.0. The van der Waals surface area contributed by atoms with Crippen LogP contribution >= 0.6 is 11.6 Å². The minimum atomic E-state index is 0.0318. The number of piperazine rings is 1. The number of nitrogens with one attached hydrogen (secondary N) is 1. The Morgan fingerprint density at radius 2 is 1.55 bits per heavy atom. The molecule has 0 saturated carbocycles. The normalized spacial score (nSPS) is 16.5. The highest BCUT2D eigenvalue weighted by atomic mass is 35.5. The molecule has 1 aliphatic rings. The van der Waals surface area contributed by atoms with Gasteiger partial charge in [-0.1, -0.05) is 61.3 Å². The third-order valence-electron chi connectivity index (χ3n) is 5.55. The van der Waals surface area contributed by atoms with Crippen molar-refractivity contribution in [2.24, 2.45) is 0 Å². The zero-order valence-corrected chi connectivity index (χ0v) is 18.3. The molecule has 0 aromatic heterocycles. The zero-order chi connectivity index (χ0) is 20.6. The average molecular weight is 414 g/mol. The van der Waals surface area contributed by atoms with Gasteiger partial charge in [-0.25, -0.2) is 0 Å². The topological polar surface area (TPSA) is 35.6 Å². The number of hydrogen-bond acceptors (Lipinski definition) is 3. The average Bonchev–Trinajstić information content (AvgIpc) is 2.72. The molecule has 1 saturated heterocycles. The molecular weight excluding hydrogens is 382 g/mol. The Hall–Kier alpha value is -1.88. The second-order valence-electron chi connectivity index (χ2n) is 7.96. The molecule has 2 aromatic rings. The fraction of sp³-hybridized carbons (Fsp3) is 0.458. The van der Waals surface area contributed by atoms with E-state index in [9.17, 15) is 4.79 Å². The van der Waals surface area contributed by atoms with Crippen molar-refractivity contribution >= 4 is 17.5 Å². The molecule has 29 heavy (non-hydrogen) atoms. The Balaban J connectivity index is 1.40. The summed E-state index contributed by atoms with van der Waals surface area (Å²) < 4.78 is 0. The van der Waals surface area contributed by atoms with Gasteiger partial charge in [-0.2, -0.15) is 0 Å². The van der Waals surface area contributed by atoms with Crippen LogP contribution in [0.25, 0.3) is 0 Å². The molecule has 1 fully saturated rings. The van der Waals surface area contributed by atoms with Gasteiger partial charge in [-0.15, -0.1) is 0 Å². The van der Waals surface area contributed by atoms with Gasteiger partial charge in [-0.3, -0.25) is 14.6 Å². The summed E-state index contributed by atoms with van der Waals surface area (Å²) in [5, 5.41) is 3.92. The molecule has 5 heteroatoms. The number of rotatable bonds is 8. The van der Waals surface area contributed by atoms with Crippen LogP contribution in [0.15, 0.2) is 48.5 Å². The maximum Gasteiger partial charge on any atom is 0.234 e. The maximum atomic E-state index is 12.5. The van der Waals surface area contributed by atoms with Gasteiger partial charge in [0.2, 0.25) is 5.91 Å². The van der Waals surface area contributed by atoms with Crippen molar-refractivity contribution in [2.75, 3.05) is 32.7 Å². The van der Waals surface area contributed by atoms with Gasteiger partial charge in [-0.05, 0) is 42.2 Å². The van der Waals surface area contributed by atoms with Crippen molar-refractivity contribution in [3.8, 4) is 0 Å². The van der Waals surface area contributed by atoms with Crippen LogP contribution in [0.2, 0.25) is 5.02 Å². The molecule has 1 N–H and O–H groups in total.